The van der Waals surface area contributed by atoms with Gasteiger partial charge in [0, 0.05) is 25.7 Å². The maximum atomic E-state index is 13.2. The molecule has 0 heterocycles. The Hall–Kier alpha value is -1.94. The Bertz CT molecular complexity index is 2110. The van der Waals surface area contributed by atoms with Gasteiger partial charge in [0.2, 0.25) is 0 Å². The van der Waals surface area contributed by atoms with Crippen molar-refractivity contribution in [1.82, 2.24) is 0 Å². The largest absolute Gasteiger partial charge is 0.472 e. The SMILES string of the molecule is CCCCCCCCCCCCCCCCCCCCCC(=O)O[C@H](COC(=O)CCCCCCCCC(C)C)COP(=O)(O)OC[C@H](O)COP(=O)(O)OC[C@@H](COC(=O)CCCCCCCCCCCCCCCCCCCCC(C)C)OC(=O)CCCCCCCCCCCCCCCCCCCCC(C)C. The second-order valence-corrected chi connectivity index (χ2v) is 37.0. The van der Waals surface area contributed by atoms with Crippen LogP contribution in [0.15, 0.2) is 0 Å². The lowest BCUT2D eigenvalue weighted by atomic mass is 10.0. The Morgan fingerprint density at radius 1 is 0.245 bits per heavy atom. The van der Waals surface area contributed by atoms with E-state index in [9.17, 15) is 43.2 Å². The molecule has 19 heteroatoms. The zero-order chi connectivity index (χ0) is 80.8. The van der Waals surface area contributed by atoms with Crippen molar-refractivity contribution in [2.45, 2.75) is 503 Å². The summed E-state index contributed by atoms with van der Waals surface area (Å²) < 4.78 is 69.0. The maximum absolute atomic E-state index is 13.2. The van der Waals surface area contributed by atoms with Crippen molar-refractivity contribution in [3.63, 3.8) is 0 Å². The predicted molar refractivity (Wildman–Crippen MR) is 455 cm³/mol. The van der Waals surface area contributed by atoms with Crippen molar-refractivity contribution < 1.29 is 80.2 Å². The Morgan fingerprint density at radius 2 is 0.418 bits per heavy atom. The van der Waals surface area contributed by atoms with Crippen molar-refractivity contribution in [2.24, 2.45) is 17.8 Å². The fourth-order valence-corrected chi connectivity index (χ4v) is 15.8. The number of hydrogen-bond acceptors (Lipinski definition) is 15. The van der Waals surface area contributed by atoms with Crippen LogP contribution in [-0.2, 0) is 65.4 Å². The number of rotatable bonds is 89. The first kappa shape index (κ1) is 108. The normalized spacial score (nSPS) is 13.8. The summed E-state index contributed by atoms with van der Waals surface area (Å²) >= 11 is 0. The number of aliphatic hydroxyl groups excluding tert-OH is 1. The Morgan fingerprint density at radius 3 is 0.618 bits per heavy atom. The minimum atomic E-state index is -4.97. The van der Waals surface area contributed by atoms with Gasteiger partial charge in [0.25, 0.3) is 0 Å². The standard InChI is InChI=1S/C91H178O17P2/c1-8-9-10-11-12-13-14-15-16-17-18-26-31-36-41-46-51-61-68-75-91(96)108-87(79-102-89(94)73-66-59-54-53-57-64-71-84(6)7)81-106-110(99,100)104-77-85(92)76-103-109(97,98)105-80-86(107-90(95)74-67-60-52-47-42-37-32-27-22-20-24-29-34-39-44-49-56-63-70-83(4)5)78-101-88(93)72-65-58-50-45-40-35-30-25-21-19-23-28-33-38-43-48-55-62-69-82(2)3/h82-87,92H,8-81H2,1-7H3,(H,97,98)(H,99,100)/t85-,86-,87-/m1/s1. The Labute approximate surface area is 677 Å². The van der Waals surface area contributed by atoms with Gasteiger partial charge in [0.05, 0.1) is 26.4 Å². The number of phosphoric ester groups is 2. The quantitative estimate of drug-likeness (QED) is 0.0222. The van der Waals surface area contributed by atoms with Crippen molar-refractivity contribution >= 4 is 39.5 Å². The molecule has 0 saturated carbocycles. The van der Waals surface area contributed by atoms with E-state index in [1.165, 1.54) is 289 Å². The summed E-state index contributed by atoms with van der Waals surface area (Å²) in [6.07, 6.45) is 74.0. The monoisotopic (exact) mass is 1610 g/mol. The van der Waals surface area contributed by atoms with Crippen LogP contribution in [0.3, 0.4) is 0 Å². The first-order valence-electron chi connectivity index (χ1n) is 46.8. The second kappa shape index (κ2) is 80.8. The van der Waals surface area contributed by atoms with Crippen LogP contribution in [0.5, 0.6) is 0 Å². The van der Waals surface area contributed by atoms with Crippen LogP contribution >= 0.6 is 15.6 Å². The number of phosphoric acid groups is 2. The fraction of sp³-hybridized carbons (Fsp3) is 0.956. The molecule has 3 N–H and O–H groups in total. The summed E-state index contributed by atoms with van der Waals surface area (Å²) in [5.41, 5.74) is 0. The summed E-state index contributed by atoms with van der Waals surface area (Å²) in [5, 5.41) is 10.7. The molecule has 2 unspecified atom stereocenters. The van der Waals surface area contributed by atoms with E-state index in [1.807, 2.05) is 0 Å². The van der Waals surface area contributed by atoms with E-state index in [1.54, 1.807) is 0 Å². The lowest BCUT2D eigenvalue weighted by Crippen LogP contribution is -2.30. The number of unbranched alkanes of at least 4 members (excludes halogenated alkanes) is 57. The third-order valence-corrected chi connectivity index (χ3v) is 23.3. The molecular weight excluding hydrogens is 1430 g/mol. The first-order valence-corrected chi connectivity index (χ1v) is 49.8. The number of carbonyl (C=O) groups is 4. The first-order chi connectivity index (χ1) is 53.2. The molecule has 0 saturated heterocycles. The predicted octanol–water partition coefficient (Wildman–Crippen LogP) is 28.0. The topological polar surface area (TPSA) is 237 Å². The highest BCUT2D eigenvalue weighted by atomic mass is 31.2. The molecule has 0 aromatic carbocycles. The molecular formula is C91H178O17P2. The van der Waals surface area contributed by atoms with Gasteiger partial charge in [-0.05, 0) is 43.4 Å². The minimum Gasteiger partial charge on any atom is -0.462 e. The molecule has 17 nitrogen and oxygen atoms in total. The third kappa shape index (κ3) is 84.0. The van der Waals surface area contributed by atoms with E-state index in [-0.39, 0.29) is 25.7 Å². The lowest BCUT2D eigenvalue weighted by molar-refractivity contribution is -0.161. The van der Waals surface area contributed by atoms with Crippen LogP contribution in [0.4, 0.5) is 0 Å². The Kier molecular flexibility index (Phi) is 79.4. The van der Waals surface area contributed by atoms with Gasteiger partial charge in [-0.2, -0.15) is 0 Å². The zero-order valence-corrected chi connectivity index (χ0v) is 74.5. The lowest BCUT2D eigenvalue weighted by Gasteiger charge is -2.21. The van der Waals surface area contributed by atoms with Crippen LogP contribution in [-0.4, -0.2) is 96.7 Å². The van der Waals surface area contributed by atoms with E-state index in [2.05, 4.69) is 48.5 Å². The molecule has 0 bridgehead atoms. The Balaban J connectivity index is 5.19. The molecule has 0 aliphatic rings. The summed E-state index contributed by atoms with van der Waals surface area (Å²) in [6.45, 7) is 12.0. The number of ether oxygens (including phenoxy) is 4. The van der Waals surface area contributed by atoms with E-state index in [0.717, 1.165) is 108 Å². The molecule has 0 aliphatic carbocycles. The van der Waals surface area contributed by atoms with Gasteiger partial charge >= 0.3 is 39.5 Å². The van der Waals surface area contributed by atoms with E-state index >= 15 is 0 Å². The third-order valence-electron chi connectivity index (χ3n) is 21.4. The highest BCUT2D eigenvalue weighted by Gasteiger charge is 2.31. The number of esters is 4. The second-order valence-electron chi connectivity index (χ2n) is 34.1. The van der Waals surface area contributed by atoms with Gasteiger partial charge in [0.15, 0.2) is 12.2 Å². The smallest absolute Gasteiger partial charge is 0.462 e. The van der Waals surface area contributed by atoms with E-state index in [0.29, 0.717) is 31.6 Å². The molecule has 0 rings (SSSR count). The molecule has 654 valence electrons. The van der Waals surface area contributed by atoms with Crippen molar-refractivity contribution in [1.29, 1.82) is 0 Å². The van der Waals surface area contributed by atoms with E-state index in [4.69, 9.17) is 37.0 Å². The highest BCUT2D eigenvalue weighted by molar-refractivity contribution is 7.47. The van der Waals surface area contributed by atoms with Crippen LogP contribution in [0.25, 0.3) is 0 Å². The van der Waals surface area contributed by atoms with Crippen molar-refractivity contribution in [2.75, 3.05) is 39.6 Å². The maximum Gasteiger partial charge on any atom is 0.472 e. The van der Waals surface area contributed by atoms with Crippen LogP contribution in [0.2, 0.25) is 0 Å². The summed E-state index contributed by atoms with van der Waals surface area (Å²) in [7, 11) is -9.93. The highest BCUT2D eigenvalue weighted by Crippen LogP contribution is 2.45. The van der Waals surface area contributed by atoms with Gasteiger partial charge < -0.3 is 33.8 Å². The number of hydrogen-bond donors (Lipinski definition) is 3. The average molecular weight is 1610 g/mol. The van der Waals surface area contributed by atoms with Crippen LogP contribution < -0.4 is 0 Å². The zero-order valence-electron chi connectivity index (χ0n) is 72.7. The van der Waals surface area contributed by atoms with Gasteiger partial charge in [-0.25, -0.2) is 9.13 Å². The van der Waals surface area contributed by atoms with Gasteiger partial charge in [-0.15, -0.1) is 0 Å². The molecule has 0 fully saturated rings. The van der Waals surface area contributed by atoms with Gasteiger partial charge in [-0.1, -0.05) is 434 Å². The summed E-state index contributed by atoms with van der Waals surface area (Å²) in [5.74, 6) is 0.221. The molecule has 0 aromatic heterocycles. The van der Waals surface area contributed by atoms with Crippen molar-refractivity contribution in [3.05, 3.63) is 0 Å². The molecule has 5 atom stereocenters. The summed E-state index contributed by atoms with van der Waals surface area (Å²) in [6, 6.07) is 0. The van der Waals surface area contributed by atoms with E-state index < -0.39 is 97.5 Å². The number of aliphatic hydroxyl groups is 1. The molecule has 0 radical (unpaired) electrons. The summed E-state index contributed by atoms with van der Waals surface area (Å²) in [4.78, 5) is 73.3. The van der Waals surface area contributed by atoms with Gasteiger partial charge in [-0.3, -0.25) is 37.3 Å². The molecule has 0 spiro atoms. The average Bonchev–Trinajstić information content (AvgIpc) is 0.900. The number of carbonyl (C=O) groups excluding carboxylic acids is 4. The minimum absolute atomic E-state index is 0.108. The molecule has 0 aliphatic heterocycles. The van der Waals surface area contributed by atoms with Gasteiger partial charge in [0.1, 0.15) is 19.3 Å². The molecule has 0 aromatic rings. The molecule has 110 heavy (non-hydrogen) atoms. The fourth-order valence-electron chi connectivity index (χ4n) is 14.3. The van der Waals surface area contributed by atoms with Crippen LogP contribution in [0, 0.1) is 17.8 Å². The molecule has 0 amide bonds. The van der Waals surface area contributed by atoms with Crippen molar-refractivity contribution in [3.8, 4) is 0 Å². The van der Waals surface area contributed by atoms with Crippen LogP contribution in [0.1, 0.15) is 485 Å².